The van der Waals surface area contributed by atoms with Crippen LogP contribution in [0.25, 0.3) is 0 Å². The Kier molecular flexibility index (Phi) is 7.38. The highest BCUT2D eigenvalue weighted by atomic mass is 16.5. The molecule has 0 bridgehead atoms. The summed E-state index contributed by atoms with van der Waals surface area (Å²) in [6, 6.07) is 13.6. The number of carbonyl (C=O) groups excluding carboxylic acids is 1. The van der Waals surface area contributed by atoms with Crippen LogP contribution in [-0.4, -0.2) is 80.2 Å². The molecular weight excluding hydrogens is 390 g/mol. The van der Waals surface area contributed by atoms with Crippen LogP contribution < -0.4 is 15.0 Å². The number of pyridine rings is 1. The highest BCUT2D eigenvalue weighted by Crippen LogP contribution is 2.23. The maximum atomic E-state index is 12.6. The molecule has 0 radical (unpaired) electrons. The van der Waals surface area contributed by atoms with Crippen molar-refractivity contribution in [2.24, 2.45) is 5.92 Å². The van der Waals surface area contributed by atoms with E-state index < -0.39 is 0 Å². The molecule has 1 amide bonds. The summed E-state index contributed by atoms with van der Waals surface area (Å²) in [4.78, 5) is 24.3. The molecule has 7 nitrogen and oxygen atoms in total. The molecule has 2 aliphatic rings. The number of anilines is 2. The number of carbonyl (C=O) groups is 1. The molecule has 2 fully saturated rings. The van der Waals surface area contributed by atoms with E-state index in [1.54, 1.807) is 7.11 Å². The van der Waals surface area contributed by atoms with E-state index in [1.165, 1.54) is 6.42 Å². The van der Waals surface area contributed by atoms with Gasteiger partial charge >= 0.3 is 0 Å². The van der Waals surface area contributed by atoms with Crippen molar-refractivity contribution in [1.82, 2.24) is 14.8 Å². The summed E-state index contributed by atoms with van der Waals surface area (Å²) >= 11 is 0. The molecule has 1 unspecified atom stereocenters. The minimum atomic E-state index is 0.0223. The summed E-state index contributed by atoms with van der Waals surface area (Å²) in [5.41, 5.74) is 0.731. The van der Waals surface area contributed by atoms with Gasteiger partial charge in [0.25, 0.3) is 0 Å². The average molecular weight is 424 g/mol. The van der Waals surface area contributed by atoms with Crippen molar-refractivity contribution in [3.63, 3.8) is 0 Å². The molecule has 1 aromatic heterocycles. The zero-order valence-corrected chi connectivity index (χ0v) is 18.4. The summed E-state index contributed by atoms with van der Waals surface area (Å²) < 4.78 is 5.33. The fourth-order valence-electron chi connectivity index (χ4n) is 4.65. The molecule has 31 heavy (non-hydrogen) atoms. The number of nitrogens with one attached hydrogen (secondary N) is 1. The third-order valence-electron chi connectivity index (χ3n) is 6.21. The van der Waals surface area contributed by atoms with Crippen LogP contribution >= 0.6 is 0 Å². The number of rotatable bonds is 7. The number of methoxy groups -OCH3 is 1. The number of likely N-dealkylation sites (tertiary alicyclic amines) is 1. The highest BCUT2D eigenvalue weighted by Gasteiger charge is 2.25. The molecule has 1 N–H and O–H groups in total. The van der Waals surface area contributed by atoms with Gasteiger partial charge in [0, 0.05) is 45.5 Å². The fourth-order valence-corrected chi connectivity index (χ4v) is 4.65. The van der Waals surface area contributed by atoms with E-state index in [2.05, 4.69) is 37.1 Å². The molecule has 2 aromatic rings. The van der Waals surface area contributed by atoms with Crippen LogP contribution in [0.2, 0.25) is 0 Å². The van der Waals surface area contributed by atoms with Gasteiger partial charge in [-0.1, -0.05) is 18.2 Å². The molecule has 1 atom stereocenters. The normalized spacial score (nSPS) is 20.4. The zero-order valence-electron chi connectivity index (χ0n) is 18.4. The van der Waals surface area contributed by atoms with Crippen molar-refractivity contribution < 1.29 is 9.53 Å². The van der Waals surface area contributed by atoms with Gasteiger partial charge in [0.2, 0.25) is 5.91 Å². The predicted octanol–water partition coefficient (Wildman–Crippen LogP) is 2.56. The summed E-state index contributed by atoms with van der Waals surface area (Å²) in [5.74, 6) is 2.41. The minimum absolute atomic E-state index is 0.0223. The lowest BCUT2D eigenvalue weighted by Gasteiger charge is -2.39. The number of hydrogen-bond acceptors (Lipinski definition) is 6. The predicted molar refractivity (Wildman–Crippen MR) is 124 cm³/mol. The van der Waals surface area contributed by atoms with Gasteiger partial charge in [-0.05, 0) is 49.6 Å². The molecule has 4 rings (SSSR count). The van der Waals surface area contributed by atoms with Gasteiger partial charge in [0.05, 0.1) is 19.3 Å². The lowest BCUT2D eigenvalue weighted by molar-refractivity contribution is -0.117. The smallest absolute Gasteiger partial charge is 0.238 e. The van der Waals surface area contributed by atoms with Crippen LogP contribution in [0.15, 0.2) is 48.7 Å². The number of piperidine rings is 1. The molecule has 3 heterocycles. The Labute approximate surface area is 185 Å². The van der Waals surface area contributed by atoms with Crippen molar-refractivity contribution in [2.75, 3.05) is 69.7 Å². The zero-order chi connectivity index (χ0) is 21.5. The van der Waals surface area contributed by atoms with E-state index in [9.17, 15) is 4.79 Å². The molecule has 166 valence electrons. The molecule has 1 aromatic carbocycles. The van der Waals surface area contributed by atoms with Crippen LogP contribution in [0, 0.1) is 5.92 Å². The average Bonchev–Trinajstić information content (AvgIpc) is 2.81. The first kappa shape index (κ1) is 21.6. The van der Waals surface area contributed by atoms with Gasteiger partial charge < -0.3 is 15.0 Å². The van der Waals surface area contributed by atoms with Gasteiger partial charge in [-0.2, -0.15) is 0 Å². The highest BCUT2D eigenvalue weighted by molar-refractivity contribution is 5.93. The number of nitrogens with zero attached hydrogens (tertiary/aromatic N) is 4. The fraction of sp³-hybridized carbons (Fsp3) is 0.500. The summed E-state index contributed by atoms with van der Waals surface area (Å²) in [5, 5.41) is 3.00. The van der Waals surface area contributed by atoms with E-state index in [0.29, 0.717) is 18.2 Å². The van der Waals surface area contributed by atoms with Crippen LogP contribution in [-0.2, 0) is 4.79 Å². The summed E-state index contributed by atoms with van der Waals surface area (Å²) in [6.45, 7) is 7.71. The number of hydrogen-bond donors (Lipinski definition) is 1. The number of piperazine rings is 1. The summed E-state index contributed by atoms with van der Waals surface area (Å²) in [7, 11) is 1.62. The van der Waals surface area contributed by atoms with Gasteiger partial charge in [0.1, 0.15) is 11.6 Å². The van der Waals surface area contributed by atoms with Crippen molar-refractivity contribution in [3.8, 4) is 5.75 Å². The molecule has 0 saturated carbocycles. The van der Waals surface area contributed by atoms with Crippen molar-refractivity contribution >= 4 is 17.4 Å². The molecule has 0 aliphatic carbocycles. The number of aromatic nitrogens is 1. The largest absolute Gasteiger partial charge is 0.495 e. The molecule has 7 heteroatoms. The Morgan fingerprint density at radius 2 is 1.87 bits per heavy atom. The van der Waals surface area contributed by atoms with Crippen molar-refractivity contribution in [2.45, 2.75) is 12.8 Å². The Bertz CT molecular complexity index is 839. The Hall–Kier alpha value is -2.64. The van der Waals surface area contributed by atoms with Gasteiger partial charge in [0.15, 0.2) is 0 Å². The number of para-hydroxylation sites is 2. The maximum Gasteiger partial charge on any atom is 0.238 e. The number of benzene rings is 1. The lowest BCUT2D eigenvalue weighted by Crippen LogP contribution is -2.50. The third-order valence-corrected chi connectivity index (χ3v) is 6.21. The number of amides is 1. The lowest BCUT2D eigenvalue weighted by atomic mass is 9.97. The van der Waals surface area contributed by atoms with E-state index in [0.717, 1.165) is 63.7 Å². The Morgan fingerprint density at radius 3 is 2.65 bits per heavy atom. The first-order chi connectivity index (χ1) is 15.2. The van der Waals surface area contributed by atoms with Crippen LogP contribution in [0.5, 0.6) is 5.75 Å². The molecule has 2 saturated heterocycles. The standard InChI is InChI=1S/C24H33N5O2/c1-31-22-9-3-2-8-21(22)26-24(30)19-28-12-6-7-20(18-28)17-27-13-15-29(16-14-27)23-10-4-5-11-25-23/h2-5,8-11,20H,6-7,12-19H2,1H3,(H,26,30). The van der Waals surface area contributed by atoms with Crippen molar-refractivity contribution in [3.05, 3.63) is 48.7 Å². The van der Waals surface area contributed by atoms with Crippen LogP contribution in [0.3, 0.4) is 0 Å². The van der Waals surface area contributed by atoms with Crippen LogP contribution in [0.4, 0.5) is 11.5 Å². The Balaban J connectivity index is 1.22. The topological polar surface area (TPSA) is 60.9 Å². The number of ether oxygens (including phenoxy) is 1. The van der Waals surface area contributed by atoms with Gasteiger partial charge in [-0.25, -0.2) is 4.98 Å². The second-order valence-electron chi connectivity index (χ2n) is 8.47. The van der Waals surface area contributed by atoms with E-state index >= 15 is 0 Å². The van der Waals surface area contributed by atoms with E-state index in [1.807, 2.05) is 36.5 Å². The minimum Gasteiger partial charge on any atom is -0.495 e. The second-order valence-corrected chi connectivity index (χ2v) is 8.47. The second kappa shape index (κ2) is 10.6. The third kappa shape index (κ3) is 5.95. The quantitative estimate of drug-likeness (QED) is 0.739. The first-order valence-corrected chi connectivity index (χ1v) is 11.2. The SMILES string of the molecule is COc1ccccc1NC(=O)CN1CCCC(CN2CCN(c3ccccn3)CC2)C1. The molecular formula is C24H33N5O2. The van der Waals surface area contributed by atoms with Gasteiger partial charge in [-0.3, -0.25) is 14.6 Å². The summed E-state index contributed by atoms with van der Waals surface area (Å²) in [6.07, 6.45) is 4.26. The van der Waals surface area contributed by atoms with Crippen LogP contribution in [0.1, 0.15) is 12.8 Å². The van der Waals surface area contributed by atoms with E-state index in [-0.39, 0.29) is 5.91 Å². The Morgan fingerprint density at radius 1 is 1.06 bits per heavy atom. The van der Waals surface area contributed by atoms with Crippen molar-refractivity contribution in [1.29, 1.82) is 0 Å². The molecule has 2 aliphatic heterocycles. The molecule has 0 spiro atoms. The monoisotopic (exact) mass is 423 g/mol. The van der Waals surface area contributed by atoms with Gasteiger partial charge in [-0.15, -0.1) is 0 Å². The maximum absolute atomic E-state index is 12.6. The van der Waals surface area contributed by atoms with E-state index in [4.69, 9.17) is 4.74 Å². The first-order valence-electron chi connectivity index (χ1n) is 11.2.